The molecule has 0 bridgehead atoms. The summed E-state index contributed by atoms with van der Waals surface area (Å²) < 4.78 is 13.1. The van der Waals surface area contributed by atoms with Crippen LogP contribution in [0.25, 0.3) is 0 Å². The molecule has 0 aliphatic carbocycles. The smallest absolute Gasteiger partial charge is 0.355 e. The first-order chi connectivity index (χ1) is 20.9. The fraction of sp³-hybridized carbons (Fsp3) is 0.226. The van der Waals surface area contributed by atoms with Gasteiger partial charge >= 0.3 is 5.97 Å². The Morgan fingerprint density at radius 3 is 2.14 bits per heavy atom. The summed E-state index contributed by atoms with van der Waals surface area (Å²) in [4.78, 5) is 41.1. The highest BCUT2D eigenvalue weighted by atomic mass is 32.2. The van der Waals surface area contributed by atoms with Gasteiger partial charge in [0.2, 0.25) is 5.16 Å². The molecular weight excluding hydrogens is 568 g/mol. The zero-order chi connectivity index (χ0) is 30.2. The molecule has 1 N–H and O–H groups in total. The number of para-hydroxylation sites is 1. The lowest BCUT2D eigenvalue weighted by molar-refractivity contribution is -0.153. The number of carbonyl (C=O) groups excluding carboxylic acids is 3. The van der Waals surface area contributed by atoms with Crippen LogP contribution in [0.2, 0.25) is 0 Å². The minimum Gasteiger partial charge on any atom is -0.484 e. The molecule has 1 aliphatic heterocycles. The van der Waals surface area contributed by atoms with Gasteiger partial charge in [-0.05, 0) is 46.2 Å². The lowest BCUT2D eigenvalue weighted by Crippen LogP contribution is -2.64. The van der Waals surface area contributed by atoms with Crippen molar-refractivity contribution in [3.05, 3.63) is 113 Å². The number of aromatic nitrogens is 4. The molecule has 0 saturated carbocycles. The van der Waals surface area contributed by atoms with Crippen molar-refractivity contribution in [2.45, 2.75) is 24.2 Å². The number of esters is 1. The molecule has 4 aromatic rings. The second-order valence-electron chi connectivity index (χ2n) is 9.78. The Labute approximate surface area is 252 Å². The molecular formula is C31H30N6O5S. The summed E-state index contributed by atoms with van der Waals surface area (Å²) in [6.45, 7) is 1.63. The van der Waals surface area contributed by atoms with Gasteiger partial charge in [0.15, 0.2) is 12.7 Å². The van der Waals surface area contributed by atoms with Gasteiger partial charge in [-0.15, -0.1) is 5.10 Å². The molecule has 1 fully saturated rings. The third kappa shape index (κ3) is 7.28. The molecule has 1 aromatic heterocycles. The van der Waals surface area contributed by atoms with E-state index < -0.39 is 29.9 Å². The predicted molar refractivity (Wildman–Crippen MR) is 159 cm³/mol. The Bertz CT molecular complexity index is 1560. The molecule has 220 valence electrons. The monoisotopic (exact) mass is 598 g/mol. The lowest BCUT2D eigenvalue weighted by atomic mass is 10.0. The highest BCUT2D eigenvalue weighted by Gasteiger charge is 2.43. The van der Waals surface area contributed by atoms with Crippen molar-refractivity contribution in [3.8, 4) is 5.75 Å². The van der Waals surface area contributed by atoms with Crippen LogP contribution in [0, 0.1) is 0 Å². The van der Waals surface area contributed by atoms with Crippen LogP contribution < -0.4 is 10.1 Å². The zero-order valence-corrected chi connectivity index (χ0v) is 24.4. The average molecular weight is 599 g/mol. The number of thioether (sulfide) groups is 1. The highest BCUT2D eigenvalue weighted by Crippen LogP contribution is 2.31. The molecule has 43 heavy (non-hydrogen) atoms. The molecule has 11 nitrogen and oxygen atoms in total. The first-order valence-electron chi connectivity index (χ1n) is 13.5. The number of rotatable bonds is 12. The largest absolute Gasteiger partial charge is 0.484 e. The molecule has 1 aliphatic rings. The van der Waals surface area contributed by atoms with Gasteiger partial charge in [0.05, 0.1) is 6.54 Å². The van der Waals surface area contributed by atoms with Crippen molar-refractivity contribution in [2.24, 2.45) is 7.05 Å². The second-order valence-corrected chi connectivity index (χ2v) is 10.7. The van der Waals surface area contributed by atoms with Crippen molar-refractivity contribution in [1.29, 1.82) is 0 Å². The maximum atomic E-state index is 13.9. The number of hydrogen-bond donors (Lipinski definition) is 1. The topological polar surface area (TPSA) is 129 Å². The number of tetrazole rings is 1. The van der Waals surface area contributed by atoms with E-state index in [1.807, 2.05) is 66.7 Å². The molecule has 1 unspecified atom stereocenters. The molecule has 0 spiro atoms. The number of nitrogens with zero attached hydrogens (tertiary/aromatic N) is 5. The Morgan fingerprint density at radius 1 is 0.977 bits per heavy atom. The third-order valence-electron chi connectivity index (χ3n) is 6.67. The average Bonchev–Trinajstić information content (AvgIpc) is 3.46. The van der Waals surface area contributed by atoms with E-state index in [1.165, 1.54) is 21.3 Å². The van der Waals surface area contributed by atoms with Gasteiger partial charge in [0.25, 0.3) is 11.8 Å². The first-order valence-corrected chi connectivity index (χ1v) is 14.5. The number of ether oxygens (including phenoxy) is 2. The number of carbonyl (C=O) groups is 3. The van der Waals surface area contributed by atoms with Gasteiger partial charge in [0.1, 0.15) is 17.5 Å². The Kier molecular flexibility index (Phi) is 9.47. The van der Waals surface area contributed by atoms with E-state index in [9.17, 15) is 14.4 Å². The van der Waals surface area contributed by atoms with E-state index in [4.69, 9.17) is 9.47 Å². The van der Waals surface area contributed by atoms with Crippen molar-refractivity contribution >= 4 is 29.5 Å². The third-order valence-corrected chi connectivity index (χ3v) is 7.86. The minimum atomic E-state index is -0.794. The van der Waals surface area contributed by atoms with Gasteiger partial charge in [-0.2, -0.15) is 0 Å². The van der Waals surface area contributed by atoms with Crippen LogP contribution in [-0.2, 0) is 26.2 Å². The number of β-lactam (4-membered cyclic amide) rings is 1. The van der Waals surface area contributed by atoms with Crippen LogP contribution in [0.5, 0.6) is 5.75 Å². The van der Waals surface area contributed by atoms with Gasteiger partial charge in [-0.1, -0.05) is 90.6 Å². The predicted octanol–water partition coefficient (Wildman–Crippen LogP) is 3.32. The quantitative estimate of drug-likeness (QED) is 0.113. The van der Waals surface area contributed by atoms with Crippen LogP contribution in [-0.4, -0.2) is 67.8 Å². The summed E-state index contributed by atoms with van der Waals surface area (Å²) in [5.41, 5.74) is 2.30. The van der Waals surface area contributed by atoms with E-state index in [1.54, 1.807) is 38.2 Å². The van der Waals surface area contributed by atoms with Crippen LogP contribution >= 0.6 is 11.8 Å². The summed E-state index contributed by atoms with van der Waals surface area (Å²) in [6.07, 6.45) is -0.699. The molecule has 2 heterocycles. The summed E-state index contributed by atoms with van der Waals surface area (Å²) >= 11 is 1.33. The van der Waals surface area contributed by atoms with E-state index in [-0.39, 0.29) is 18.8 Å². The minimum absolute atomic E-state index is 0.106. The molecule has 12 heteroatoms. The Hall–Kier alpha value is -4.97. The summed E-state index contributed by atoms with van der Waals surface area (Å²) in [5, 5.41) is 14.7. The lowest BCUT2D eigenvalue weighted by Gasteiger charge is -2.40. The van der Waals surface area contributed by atoms with Crippen molar-refractivity contribution in [3.63, 3.8) is 0 Å². The number of nitrogens with one attached hydrogen (secondary N) is 1. The summed E-state index contributed by atoms with van der Waals surface area (Å²) in [6, 6.07) is 26.9. The number of aryl methyl sites for hydroxylation is 1. The van der Waals surface area contributed by atoms with Gasteiger partial charge in [0, 0.05) is 12.8 Å². The van der Waals surface area contributed by atoms with Crippen LogP contribution in [0.3, 0.4) is 0 Å². The Morgan fingerprint density at radius 2 is 1.58 bits per heavy atom. The number of benzene rings is 3. The van der Waals surface area contributed by atoms with Crippen molar-refractivity contribution in [1.82, 2.24) is 30.4 Å². The van der Waals surface area contributed by atoms with E-state index in [0.29, 0.717) is 22.2 Å². The second kappa shape index (κ2) is 13.8. The maximum Gasteiger partial charge on any atom is 0.355 e. The number of amides is 2. The molecule has 2 amide bonds. The van der Waals surface area contributed by atoms with E-state index in [2.05, 4.69) is 20.8 Å². The standard InChI is InChI=1S/C31H30N6O5S/c1-21(20-43-31-33-34-35-36(31)2)27(30(40)42-28(22-12-6-3-7-13-22)23-14-8-4-9-15-23)37-18-25(29(37)39)32-26(38)19-41-24-16-10-5-11-17-24/h3-17,25,28H,18-20H2,1-2H3,(H,32,38). The SMILES string of the molecule is CC(CSc1nnnn1C)=C(C(=O)OC(c1ccccc1)c1ccccc1)N1CC(NC(=O)COc2ccccc2)C1=O. The molecule has 1 atom stereocenters. The van der Waals surface area contributed by atoms with Crippen LogP contribution in [0.15, 0.2) is 107 Å². The van der Waals surface area contributed by atoms with Gasteiger partial charge in [-0.25, -0.2) is 9.48 Å². The number of hydrogen-bond acceptors (Lipinski definition) is 9. The van der Waals surface area contributed by atoms with Gasteiger partial charge in [-0.3, -0.25) is 9.59 Å². The maximum absolute atomic E-state index is 13.9. The molecule has 5 rings (SSSR count). The van der Waals surface area contributed by atoms with E-state index >= 15 is 0 Å². The fourth-order valence-electron chi connectivity index (χ4n) is 4.48. The molecule has 0 radical (unpaired) electrons. The summed E-state index contributed by atoms with van der Waals surface area (Å²) in [5.74, 6) is -0.640. The fourth-order valence-corrected chi connectivity index (χ4v) is 5.28. The van der Waals surface area contributed by atoms with Crippen molar-refractivity contribution in [2.75, 3.05) is 18.9 Å². The highest BCUT2D eigenvalue weighted by molar-refractivity contribution is 7.99. The first kappa shape index (κ1) is 29.5. The van der Waals surface area contributed by atoms with E-state index in [0.717, 1.165) is 11.1 Å². The molecule has 1 saturated heterocycles. The number of likely N-dealkylation sites (tertiary alicyclic amines) is 1. The van der Waals surface area contributed by atoms with Gasteiger partial charge < -0.3 is 19.7 Å². The normalized spacial score (nSPS) is 15.0. The van der Waals surface area contributed by atoms with Crippen molar-refractivity contribution < 1.29 is 23.9 Å². The summed E-state index contributed by atoms with van der Waals surface area (Å²) in [7, 11) is 1.72. The Balaban J connectivity index is 1.34. The van der Waals surface area contributed by atoms with Crippen LogP contribution in [0.4, 0.5) is 0 Å². The zero-order valence-electron chi connectivity index (χ0n) is 23.6. The molecule has 3 aromatic carbocycles. The van der Waals surface area contributed by atoms with Crippen LogP contribution in [0.1, 0.15) is 24.2 Å².